The van der Waals surface area contributed by atoms with Gasteiger partial charge in [-0.1, -0.05) is 33.8 Å². The van der Waals surface area contributed by atoms with Crippen molar-refractivity contribution in [3.63, 3.8) is 0 Å². The Kier molecular flexibility index (Phi) is 21.0. The van der Waals surface area contributed by atoms with Crippen LogP contribution in [0.2, 0.25) is 0 Å². The van der Waals surface area contributed by atoms with Crippen LogP contribution in [0.5, 0.6) is 0 Å². The minimum absolute atomic E-state index is 0. The van der Waals surface area contributed by atoms with Crippen LogP contribution in [0.15, 0.2) is 63.1 Å². The first kappa shape index (κ1) is 58.6. The molecule has 4 amide bonds. The Bertz CT molecular complexity index is 2870. The van der Waals surface area contributed by atoms with Crippen LogP contribution in [-0.2, 0) is 51.2 Å². The van der Waals surface area contributed by atoms with Crippen LogP contribution in [0.4, 0.5) is 0 Å². The van der Waals surface area contributed by atoms with Crippen molar-refractivity contribution < 1.29 is 128 Å². The van der Waals surface area contributed by atoms with Gasteiger partial charge in [-0.15, -0.1) is 68.9 Å². The second-order valence-electron chi connectivity index (χ2n) is 14.2. The quantitative estimate of drug-likeness (QED) is 0.0110. The van der Waals surface area contributed by atoms with E-state index < -0.39 is 81.8 Å². The number of thiazole rings is 4. The Morgan fingerprint density at radius 3 is 1.36 bits per heavy atom. The Balaban J connectivity index is 0.000000260. The molecule has 0 aromatic carbocycles. The number of amides is 4. The molecule has 4 aromatic rings. The van der Waals surface area contributed by atoms with Gasteiger partial charge in [-0.05, 0) is 11.1 Å². The summed E-state index contributed by atoms with van der Waals surface area (Å²) in [7, 11) is 0. The van der Waals surface area contributed by atoms with Gasteiger partial charge in [0.15, 0.2) is 21.0 Å². The van der Waals surface area contributed by atoms with Crippen molar-refractivity contribution in [1.29, 1.82) is 10.8 Å². The molecule has 0 saturated carbocycles. The number of rotatable bonds is 18. The number of carboxylic acids is 4. The summed E-state index contributed by atoms with van der Waals surface area (Å²) in [4.78, 5) is 112. The number of aromatic nitrogens is 4. The van der Waals surface area contributed by atoms with E-state index in [2.05, 4.69) is 40.9 Å². The molecule has 0 aliphatic carbocycles. The summed E-state index contributed by atoms with van der Waals surface area (Å²) in [6.07, 6.45) is -0.428. The van der Waals surface area contributed by atoms with Crippen LogP contribution in [0.25, 0.3) is 0 Å². The zero-order chi connectivity index (χ0) is 50.6. The maximum atomic E-state index is 12.8. The summed E-state index contributed by atoms with van der Waals surface area (Å²) in [6, 6.07) is -2.08. The first-order valence-corrected chi connectivity index (χ1v) is 26.8. The number of nitrogens with one attached hydrogen (secondary N) is 6. The van der Waals surface area contributed by atoms with Crippen molar-refractivity contribution in [3.8, 4) is 0 Å². The second kappa shape index (κ2) is 25.8. The second-order valence-corrected chi connectivity index (χ2v) is 22.4. The number of hydrogen-bond acceptors (Lipinski definition) is 26. The molecule has 26 nitrogen and oxygen atoms in total. The van der Waals surface area contributed by atoms with Gasteiger partial charge in [0.05, 0.1) is 59.0 Å². The zero-order valence-electron chi connectivity index (χ0n) is 36.7. The fourth-order valence-electron chi connectivity index (χ4n) is 6.74. The number of nitrogens with zero attached hydrogens (tertiary/aromatic N) is 6. The molecule has 36 heteroatoms. The summed E-state index contributed by atoms with van der Waals surface area (Å²) in [5.41, 5.74) is 0.537. The number of carboxylic acid groups (broad SMARTS) is 4. The van der Waals surface area contributed by atoms with E-state index in [1.165, 1.54) is 80.5 Å². The Morgan fingerprint density at radius 1 is 0.681 bits per heavy atom. The molecule has 2 saturated heterocycles. The minimum atomic E-state index is -1.52. The normalized spacial score (nSPS) is 19.3. The molecule has 72 heavy (non-hydrogen) atoms. The van der Waals surface area contributed by atoms with E-state index >= 15 is 0 Å². The largest absolute Gasteiger partial charge is 1.00 e. The number of carbonyl (C=O) groups excluding carboxylic acids is 6. The van der Waals surface area contributed by atoms with Gasteiger partial charge in [-0.2, -0.15) is 0 Å². The average Bonchev–Trinajstić information content (AvgIpc) is 4.15. The number of H-pyrrole nitrogens is 2. The molecule has 4 aliphatic rings. The van der Waals surface area contributed by atoms with E-state index in [9.17, 15) is 59.0 Å². The first-order chi connectivity index (χ1) is 33.4. The molecule has 2 fully saturated rings. The maximum absolute atomic E-state index is 12.8. The van der Waals surface area contributed by atoms with Gasteiger partial charge in [-0.25, -0.2) is 9.97 Å². The number of fused-ring (bicyclic) bond motifs is 2. The molecule has 368 valence electrons. The van der Waals surface area contributed by atoms with Gasteiger partial charge in [0.1, 0.15) is 31.5 Å². The van der Waals surface area contributed by atoms with Gasteiger partial charge < -0.3 is 61.0 Å². The number of oxime groups is 2. The minimum Gasteiger partial charge on any atom is -0.543 e. The monoisotopic (exact) mass is 1160 g/mol. The maximum Gasteiger partial charge on any atom is 1.00 e. The summed E-state index contributed by atoms with van der Waals surface area (Å²) in [6.45, 7) is 0. The first-order valence-electron chi connectivity index (χ1n) is 19.2. The van der Waals surface area contributed by atoms with Gasteiger partial charge in [0, 0.05) is 44.5 Å². The number of hydrogen-bond donors (Lipinski definition) is 10. The molecule has 4 atom stereocenters. The molecule has 2 unspecified atom stereocenters. The van der Waals surface area contributed by atoms with Gasteiger partial charge >= 0.3 is 71.1 Å². The van der Waals surface area contributed by atoms with Crippen LogP contribution in [-0.4, -0.2) is 155 Å². The predicted molar refractivity (Wildman–Crippen MR) is 248 cm³/mol. The fourth-order valence-corrected chi connectivity index (χ4v) is 14.5. The van der Waals surface area contributed by atoms with Crippen LogP contribution >= 0.6 is 92.4 Å². The molecule has 4 aromatic heterocycles. The molecule has 8 heterocycles. The third-order valence-electron chi connectivity index (χ3n) is 9.75. The van der Waals surface area contributed by atoms with E-state index in [-0.39, 0.29) is 127 Å². The molecule has 8 rings (SSSR count). The van der Waals surface area contributed by atoms with Crippen molar-refractivity contribution in [1.82, 2.24) is 40.4 Å². The SMILES string of the molecule is N=c1[nH]c(/C(=N/O)C(=O)NC2C(=O)N3C(C(=O)[O-])=C(CSc4nc(CC(=O)O)cs4)CS[C@H]23)cs1.N=c1[nH]c(/C(=N/O)C(=O)NC2C(=O)N3C(C(=O)[O-])=C(CSc4nc(CC(=O)O)cs4)CS[C@H]23)cs1.[Na+].[Na+]. The van der Waals surface area contributed by atoms with Crippen LogP contribution in [0.3, 0.4) is 0 Å². The van der Waals surface area contributed by atoms with E-state index in [1.54, 1.807) is 10.8 Å². The Morgan fingerprint density at radius 2 is 1.06 bits per heavy atom. The Hall–Kier alpha value is -4.30. The van der Waals surface area contributed by atoms with E-state index in [0.29, 0.717) is 31.2 Å². The van der Waals surface area contributed by atoms with Gasteiger partial charge in [0.25, 0.3) is 23.6 Å². The van der Waals surface area contributed by atoms with Crippen LogP contribution in [0, 0.1) is 10.8 Å². The molecule has 0 bridgehead atoms. The third-order valence-corrected chi connectivity index (χ3v) is 18.1. The van der Waals surface area contributed by atoms with E-state index in [1.807, 2.05) is 0 Å². The van der Waals surface area contributed by atoms with Crippen molar-refractivity contribution in [3.05, 3.63) is 76.4 Å². The molecule has 4 aliphatic heterocycles. The average molecular weight is 1160 g/mol. The molecule has 0 spiro atoms. The van der Waals surface area contributed by atoms with E-state index in [4.69, 9.17) is 21.0 Å². The molecule has 0 radical (unpaired) electrons. The van der Waals surface area contributed by atoms with Crippen molar-refractivity contribution in [2.45, 2.75) is 44.4 Å². The number of thioether (sulfide) groups is 4. The number of β-lactam (4-membered cyclic amide) rings is 2. The predicted octanol–water partition coefficient (Wildman–Crippen LogP) is -7.96. The standard InChI is InChI=1S/2C18H16N6O7S4.2Na/c2*19-17-21-8(5-33-17)10(23-31)13(27)22-11-14(28)24-12(16(29)30)6(2-32-15(11)24)3-34-18-20-7(4-35-18)1-9(25)26;;/h2*4-5,11,15,31H,1-3H2,(H2,19,21)(H,22,27)(H,25,26)(H,29,30);;/q;;2*+1/p-2/b2*23-10-;;/t2*11?,15-;;/m11../s1. The van der Waals surface area contributed by atoms with Crippen LogP contribution < -0.4 is 89.6 Å². The van der Waals surface area contributed by atoms with Crippen molar-refractivity contribution in [2.75, 3.05) is 23.0 Å². The number of aromatic amines is 2. The molecular weight excluding hydrogens is 1130 g/mol. The van der Waals surface area contributed by atoms with Gasteiger partial charge in [-0.3, -0.25) is 49.4 Å². The topological polar surface area (TPSA) is 424 Å². The van der Waals surface area contributed by atoms with Gasteiger partial charge in [0.2, 0.25) is 0 Å². The molecular formula is C36H30N12Na2O14S8. The summed E-state index contributed by atoms with van der Waals surface area (Å²) < 4.78 is 1.13. The third kappa shape index (κ3) is 13.3. The number of carbonyl (C=O) groups is 8. The molecule has 10 N–H and O–H groups in total. The fraction of sp³-hybridized carbons (Fsp3) is 0.278. The van der Waals surface area contributed by atoms with Crippen molar-refractivity contribution in [2.24, 2.45) is 10.3 Å². The summed E-state index contributed by atoms with van der Waals surface area (Å²) in [5.74, 6) is -7.16. The Labute approximate surface area is 479 Å². The smallest absolute Gasteiger partial charge is 0.543 e. The summed E-state index contributed by atoms with van der Waals surface area (Å²) >= 11 is 9.42. The number of aliphatic carboxylic acids is 4. The van der Waals surface area contributed by atoms with Crippen molar-refractivity contribution >= 4 is 151 Å². The zero-order valence-corrected chi connectivity index (χ0v) is 47.2. The van der Waals surface area contributed by atoms with E-state index in [0.717, 1.165) is 32.5 Å². The summed E-state index contributed by atoms with van der Waals surface area (Å²) in [5, 5.41) is 90.4. The van der Waals surface area contributed by atoms with Crippen LogP contribution in [0.1, 0.15) is 22.8 Å².